The van der Waals surface area contributed by atoms with Crippen molar-refractivity contribution in [3.05, 3.63) is 45.9 Å². The first-order valence-electron chi connectivity index (χ1n) is 9.86. The van der Waals surface area contributed by atoms with Crippen LogP contribution in [0.4, 0.5) is 10.5 Å². The van der Waals surface area contributed by atoms with Gasteiger partial charge in [-0.2, -0.15) is 0 Å². The Labute approximate surface area is 181 Å². The van der Waals surface area contributed by atoms with Crippen LogP contribution in [0.3, 0.4) is 0 Å². The van der Waals surface area contributed by atoms with E-state index in [4.69, 9.17) is 9.47 Å². The zero-order valence-electron chi connectivity index (χ0n) is 17.8. The van der Waals surface area contributed by atoms with Crippen molar-refractivity contribution in [2.75, 3.05) is 45.8 Å². The third-order valence-corrected chi connectivity index (χ3v) is 5.12. The summed E-state index contributed by atoms with van der Waals surface area (Å²) in [5.41, 5.74) is 2.22. The molecule has 0 bridgehead atoms. The van der Waals surface area contributed by atoms with Crippen molar-refractivity contribution in [3.8, 4) is 0 Å². The number of benzene rings is 1. The number of hydrogen-bond donors (Lipinski definition) is 2. The van der Waals surface area contributed by atoms with E-state index in [0.29, 0.717) is 50.0 Å². The van der Waals surface area contributed by atoms with Gasteiger partial charge in [-0.25, -0.2) is 9.78 Å². The average Bonchev–Trinajstić information content (AvgIpc) is 3.21. The first kappa shape index (κ1) is 23.8. The summed E-state index contributed by atoms with van der Waals surface area (Å²) in [5.74, 6) is -0.219. The van der Waals surface area contributed by atoms with Crippen molar-refractivity contribution in [1.82, 2.24) is 15.2 Å². The molecule has 0 atom stereocenters. The molecule has 164 valence electrons. The molecule has 0 aliphatic heterocycles. The number of anilines is 1. The average molecular weight is 435 g/mol. The first-order valence-corrected chi connectivity index (χ1v) is 10.7. The van der Waals surface area contributed by atoms with Gasteiger partial charge < -0.3 is 25.0 Å². The molecule has 0 aliphatic rings. The van der Waals surface area contributed by atoms with E-state index < -0.39 is 0 Å². The molecule has 0 radical (unpaired) electrons. The minimum absolute atomic E-state index is 0.212. The maximum absolute atomic E-state index is 12.8. The molecule has 9 heteroatoms. The van der Waals surface area contributed by atoms with Crippen LogP contribution in [0.15, 0.2) is 29.6 Å². The number of nitrogens with zero attached hydrogens (tertiary/aromatic N) is 2. The van der Waals surface area contributed by atoms with Crippen LogP contribution in [0.25, 0.3) is 0 Å². The van der Waals surface area contributed by atoms with Gasteiger partial charge in [-0.05, 0) is 31.9 Å². The smallest absolute Gasteiger partial charge is 0.322 e. The molecular formula is C21H30N4O4S. The normalized spacial score (nSPS) is 10.6. The standard InChI is InChI=1S/C21H30N4O4S/c1-16-6-8-17(9-7-16)23-21(27)25(11-5-13-29-3)14-19-24-18(15-30-19)20(26)22-10-4-12-28-2/h6-9,15H,4-5,10-14H2,1-3H3,(H,22,26)(H,23,27). The molecule has 2 aromatic rings. The molecule has 0 unspecified atom stereocenters. The van der Waals surface area contributed by atoms with E-state index in [1.807, 2.05) is 31.2 Å². The van der Waals surface area contributed by atoms with Gasteiger partial charge in [0.25, 0.3) is 5.91 Å². The van der Waals surface area contributed by atoms with Gasteiger partial charge in [-0.15, -0.1) is 11.3 Å². The fraction of sp³-hybridized carbons (Fsp3) is 0.476. The highest BCUT2D eigenvalue weighted by atomic mass is 32.1. The molecule has 1 aromatic carbocycles. The molecule has 0 aliphatic carbocycles. The number of hydrogen-bond acceptors (Lipinski definition) is 6. The van der Waals surface area contributed by atoms with Crippen LogP contribution in [-0.4, -0.2) is 62.3 Å². The van der Waals surface area contributed by atoms with E-state index in [1.165, 1.54) is 11.3 Å². The third-order valence-electron chi connectivity index (χ3n) is 4.29. The maximum atomic E-state index is 12.8. The Hall–Kier alpha value is -2.49. The molecule has 0 saturated heterocycles. The number of carbonyl (C=O) groups is 2. The van der Waals surface area contributed by atoms with E-state index in [9.17, 15) is 9.59 Å². The number of aromatic nitrogens is 1. The fourth-order valence-electron chi connectivity index (χ4n) is 2.65. The summed E-state index contributed by atoms with van der Waals surface area (Å²) in [4.78, 5) is 31.1. The number of thiazole rings is 1. The summed E-state index contributed by atoms with van der Waals surface area (Å²) in [6.45, 7) is 4.52. The van der Waals surface area contributed by atoms with E-state index >= 15 is 0 Å². The lowest BCUT2D eigenvalue weighted by atomic mass is 10.2. The zero-order valence-corrected chi connectivity index (χ0v) is 18.6. The van der Waals surface area contributed by atoms with Crippen molar-refractivity contribution in [2.45, 2.75) is 26.3 Å². The number of ether oxygens (including phenoxy) is 2. The Morgan fingerprint density at radius 2 is 1.80 bits per heavy atom. The van der Waals surface area contributed by atoms with Gasteiger partial charge >= 0.3 is 6.03 Å². The monoisotopic (exact) mass is 434 g/mol. The van der Waals surface area contributed by atoms with Gasteiger partial charge in [-0.3, -0.25) is 4.79 Å². The summed E-state index contributed by atoms with van der Waals surface area (Å²) >= 11 is 1.37. The van der Waals surface area contributed by atoms with E-state index in [1.54, 1.807) is 24.5 Å². The highest BCUT2D eigenvalue weighted by Crippen LogP contribution is 2.15. The Morgan fingerprint density at radius 3 is 2.50 bits per heavy atom. The van der Waals surface area contributed by atoms with Crippen molar-refractivity contribution in [1.29, 1.82) is 0 Å². The Kier molecular flexibility index (Phi) is 10.3. The van der Waals surface area contributed by atoms with Crippen LogP contribution in [0, 0.1) is 6.92 Å². The molecule has 30 heavy (non-hydrogen) atoms. The fourth-order valence-corrected chi connectivity index (χ4v) is 3.44. The van der Waals surface area contributed by atoms with Gasteiger partial charge in [0.15, 0.2) is 0 Å². The van der Waals surface area contributed by atoms with Crippen LogP contribution < -0.4 is 10.6 Å². The van der Waals surface area contributed by atoms with Crippen LogP contribution in [0.5, 0.6) is 0 Å². The summed E-state index contributed by atoms with van der Waals surface area (Å²) in [6, 6.07) is 7.43. The maximum Gasteiger partial charge on any atom is 0.322 e. The minimum Gasteiger partial charge on any atom is -0.385 e. The lowest BCUT2D eigenvalue weighted by molar-refractivity contribution is 0.0944. The zero-order chi connectivity index (χ0) is 21.8. The minimum atomic E-state index is -0.219. The lowest BCUT2D eigenvalue weighted by Gasteiger charge is -2.22. The van der Waals surface area contributed by atoms with Crippen molar-refractivity contribution < 1.29 is 19.1 Å². The predicted octanol–water partition coefficient (Wildman–Crippen LogP) is 3.29. The summed E-state index contributed by atoms with van der Waals surface area (Å²) in [7, 11) is 3.26. The Balaban J connectivity index is 1.98. The van der Waals surface area contributed by atoms with Crippen LogP contribution in [-0.2, 0) is 16.0 Å². The molecule has 3 amide bonds. The molecule has 1 heterocycles. The summed E-state index contributed by atoms with van der Waals surface area (Å²) in [5, 5.41) is 8.15. The van der Waals surface area contributed by atoms with Gasteiger partial charge in [0.2, 0.25) is 0 Å². The number of carbonyl (C=O) groups excluding carboxylic acids is 2. The van der Waals surface area contributed by atoms with Gasteiger partial charge in [0.1, 0.15) is 10.7 Å². The highest BCUT2D eigenvalue weighted by Gasteiger charge is 2.17. The number of nitrogens with one attached hydrogen (secondary N) is 2. The summed E-state index contributed by atoms with van der Waals surface area (Å²) < 4.78 is 10.1. The quantitative estimate of drug-likeness (QED) is 0.500. The number of methoxy groups -OCH3 is 2. The van der Waals surface area contributed by atoms with Crippen LogP contribution in [0.2, 0.25) is 0 Å². The summed E-state index contributed by atoms with van der Waals surface area (Å²) in [6.07, 6.45) is 1.45. The second-order valence-electron chi connectivity index (χ2n) is 6.79. The Bertz CT molecular complexity index is 795. The topological polar surface area (TPSA) is 92.8 Å². The Morgan fingerprint density at radius 1 is 1.10 bits per heavy atom. The second-order valence-corrected chi connectivity index (χ2v) is 7.74. The van der Waals surface area contributed by atoms with E-state index in [-0.39, 0.29) is 11.9 Å². The molecule has 0 fully saturated rings. The van der Waals surface area contributed by atoms with Gasteiger partial charge in [0, 0.05) is 51.6 Å². The van der Waals surface area contributed by atoms with E-state index in [0.717, 1.165) is 17.7 Å². The first-order chi connectivity index (χ1) is 14.5. The largest absolute Gasteiger partial charge is 0.385 e. The molecule has 0 spiro atoms. The number of urea groups is 1. The van der Waals surface area contributed by atoms with Crippen molar-refractivity contribution >= 4 is 29.0 Å². The van der Waals surface area contributed by atoms with Crippen LogP contribution >= 0.6 is 11.3 Å². The molecule has 2 rings (SSSR count). The molecular weight excluding hydrogens is 404 g/mol. The van der Waals surface area contributed by atoms with Crippen molar-refractivity contribution in [2.24, 2.45) is 0 Å². The van der Waals surface area contributed by atoms with Gasteiger partial charge in [0.05, 0.1) is 6.54 Å². The molecule has 1 aromatic heterocycles. The predicted molar refractivity (Wildman–Crippen MR) is 118 cm³/mol. The van der Waals surface area contributed by atoms with Crippen LogP contribution in [0.1, 0.15) is 33.9 Å². The van der Waals surface area contributed by atoms with E-state index in [2.05, 4.69) is 15.6 Å². The molecule has 2 N–H and O–H groups in total. The SMILES string of the molecule is COCCCNC(=O)c1csc(CN(CCCOC)C(=O)Nc2ccc(C)cc2)n1. The highest BCUT2D eigenvalue weighted by molar-refractivity contribution is 7.09. The van der Waals surface area contributed by atoms with Crippen molar-refractivity contribution in [3.63, 3.8) is 0 Å². The second kappa shape index (κ2) is 12.9. The lowest BCUT2D eigenvalue weighted by Crippen LogP contribution is -2.35. The van der Waals surface area contributed by atoms with Gasteiger partial charge in [-0.1, -0.05) is 17.7 Å². The molecule has 8 nitrogen and oxygen atoms in total. The molecule has 0 saturated carbocycles. The number of aryl methyl sites for hydroxylation is 1. The number of rotatable bonds is 12. The number of amides is 3. The third kappa shape index (κ3) is 8.10.